The van der Waals surface area contributed by atoms with Gasteiger partial charge in [0, 0.05) is 76.6 Å². The first-order chi connectivity index (χ1) is 64.7. The number of rotatable bonds is 15. The molecule has 5 amide bonds. The summed E-state index contributed by atoms with van der Waals surface area (Å²) in [5.74, 6) is -0.782. The third kappa shape index (κ3) is 22.4. The lowest BCUT2D eigenvalue weighted by Gasteiger charge is -2.26. The molecule has 2 saturated carbocycles. The number of nitriles is 1. The van der Waals surface area contributed by atoms with Crippen molar-refractivity contribution in [1.29, 1.82) is 5.26 Å². The number of carbonyl (C=O) groups excluding carboxylic acids is 5. The molecule has 6 aromatic heterocycles. The van der Waals surface area contributed by atoms with Crippen LogP contribution in [0.25, 0.3) is 109 Å². The molecule has 2 aliphatic carbocycles. The Hall–Kier alpha value is -16.3. The second-order valence-corrected chi connectivity index (χ2v) is 32.5. The van der Waals surface area contributed by atoms with Gasteiger partial charge in [0.15, 0.2) is 0 Å². The molecule has 3 atom stereocenters. The van der Waals surface area contributed by atoms with Crippen molar-refractivity contribution in [3.63, 3.8) is 0 Å². The van der Waals surface area contributed by atoms with E-state index in [-0.39, 0.29) is 95.4 Å². The number of hydrogen-bond donors (Lipinski definition) is 12. The summed E-state index contributed by atoms with van der Waals surface area (Å²) in [6.45, 7) is 2.85. The fraction of sp³-hybridized carbons (Fsp3) is 0.175. The molecular formula is C103H91F5N18O8. The van der Waals surface area contributed by atoms with E-state index in [0.29, 0.717) is 160 Å². The maximum atomic E-state index is 13.6. The van der Waals surface area contributed by atoms with Crippen molar-refractivity contribution in [3.8, 4) is 61.7 Å². The fourth-order valence-electron chi connectivity index (χ4n) is 16.3. The number of amides is 5. The molecule has 1 saturated heterocycles. The van der Waals surface area contributed by atoms with Crippen molar-refractivity contribution in [2.75, 3.05) is 53.7 Å². The van der Waals surface area contributed by atoms with E-state index in [1.54, 1.807) is 73.7 Å². The van der Waals surface area contributed by atoms with Crippen LogP contribution in [0.3, 0.4) is 0 Å². The number of halogens is 5. The van der Waals surface area contributed by atoms with E-state index in [2.05, 4.69) is 61.5 Å². The number of aliphatic hydroxyl groups is 2. The van der Waals surface area contributed by atoms with Crippen LogP contribution in [0, 0.1) is 47.3 Å². The number of aromatic nitrogens is 7. The van der Waals surface area contributed by atoms with Crippen LogP contribution in [0.2, 0.25) is 0 Å². The van der Waals surface area contributed by atoms with Crippen LogP contribution >= 0.6 is 0 Å². The van der Waals surface area contributed by atoms with Crippen LogP contribution in [-0.2, 0) is 4.74 Å². The number of aryl methyl sites for hydroxylation is 1. The lowest BCUT2D eigenvalue weighted by atomic mass is 9.92. The maximum absolute atomic E-state index is 13.6. The maximum Gasteiger partial charge on any atom is 0.257 e. The number of benzene rings is 10. The Morgan fingerprint density at radius 2 is 0.672 bits per heavy atom. The highest BCUT2D eigenvalue weighted by Gasteiger charge is 2.28. The predicted octanol–water partition coefficient (Wildman–Crippen LogP) is 17.3. The normalized spacial score (nSPS) is 15.5. The summed E-state index contributed by atoms with van der Waals surface area (Å²) in [6, 6.07) is 60.6. The quantitative estimate of drug-likeness (QED) is 0.0335. The zero-order chi connectivity index (χ0) is 94.2. The molecule has 7 heterocycles. The standard InChI is InChI=1S/2C22H22FN3O2.C21H16FN5O.C20H18FN3O2.C18H13FN4O/c23-15-4-1-3-13(9-15)14-7-8-18-19(10-14)21(24)25-12-20(18)22(28)26-16-5-2-6-17(27)11-16;23-15-3-1-2-13(10-15)14-4-9-18-19(11-14)21(24)25-12-20(18)22(28)26-16-5-7-17(27)8-6-16;1-12-24-9-16(10-25-12)27-21(28)19-11-26-20(23)18-8-14(5-6-17(18)19)13-3-2-4-15(22)7-13;21-14-3-1-2-12(8-14)13-4-5-16-17(9-13)19(22)23-10-18(16)20(25)24-15-6-7-26-11-15;19-13-3-1-2-11(8-13)12-4-5-14-15(9-12)17(21)23-10-16(14)18(24)22-7-6-20/h1,3-4,7-10,12,16-17,27H,2,5-6,11H2,(H2,24,25)(H,26,28);1-4,9-12,16-17,27H,5-8H2,(H2,24,25)(H,26,28);2-11H,1H3,(H2,23,26)(H,27,28);1-5,8-10,15H,6-7,11H2,(H2,22,23)(H,24,25);1-5,8-10H,7H2,(H2,21,23)(H,22,24)/t16-,17+;;;;/m1..../s1. The van der Waals surface area contributed by atoms with Crippen LogP contribution in [0.4, 0.5) is 56.7 Å². The number of ether oxygens (including phenoxy) is 1. The number of nitrogens with two attached hydrogens (primary N) is 5. The summed E-state index contributed by atoms with van der Waals surface area (Å²) in [5, 5.41) is 48.9. The summed E-state index contributed by atoms with van der Waals surface area (Å²) < 4.78 is 72.9. The third-order valence-electron chi connectivity index (χ3n) is 23.3. The van der Waals surface area contributed by atoms with Gasteiger partial charge in [-0.25, -0.2) is 56.8 Å². The van der Waals surface area contributed by atoms with E-state index in [9.17, 15) is 56.1 Å². The first-order valence-electron chi connectivity index (χ1n) is 43.1. The molecule has 26 nitrogen and oxygen atoms in total. The summed E-state index contributed by atoms with van der Waals surface area (Å²) in [6.07, 6.45) is 16.5. The molecule has 134 heavy (non-hydrogen) atoms. The van der Waals surface area contributed by atoms with Gasteiger partial charge in [-0.2, -0.15) is 5.26 Å². The van der Waals surface area contributed by atoms with Gasteiger partial charge >= 0.3 is 0 Å². The Balaban J connectivity index is 0.000000128. The average Bonchev–Trinajstić information content (AvgIpc) is 0.885. The van der Waals surface area contributed by atoms with Gasteiger partial charge in [0.05, 0.1) is 76.8 Å². The topological polar surface area (TPSA) is 439 Å². The average molecular weight is 1800 g/mol. The zero-order valence-corrected chi connectivity index (χ0v) is 72.3. The van der Waals surface area contributed by atoms with E-state index in [0.717, 1.165) is 83.0 Å². The number of hydrogen-bond acceptors (Lipinski definition) is 21. The van der Waals surface area contributed by atoms with Gasteiger partial charge in [0.1, 0.15) is 70.5 Å². The zero-order valence-electron chi connectivity index (χ0n) is 72.3. The van der Waals surface area contributed by atoms with Gasteiger partial charge in [0.25, 0.3) is 29.5 Å². The summed E-state index contributed by atoms with van der Waals surface area (Å²) in [5.41, 5.74) is 40.2. The lowest BCUT2D eigenvalue weighted by Crippen LogP contribution is -2.39. The van der Waals surface area contributed by atoms with Crippen LogP contribution in [0.1, 0.15) is 115 Å². The Morgan fingerprint density at radius 3 is 0.985 bits per heavy atom. The van der Waals surface area contributed by atoms with Gasteiger partial charge in [-0.15, -0.1) is 0 Å². The monoisotopic (exact) mass is 1800 g/mol. The second kappa shape index (κ2) is 42.1. The number of pyridine rings is 5. The number of fused-ring (bicyclic) bond motifs is 5. The molecule has 3 aliphatic rings. The van der Waals surface area contributed by atoms with Gasteiger partial charge in [-0.05, 0) is 238 Å². The Morgan fingerprint density at radius 1 is 0.358 bits per heavy atom. The summed E-state index contributed by atoms with van der Waals surface area (Å²) >= 11 is 0. The van der Waals surface area contributed by atoms with Gasteiger partial charge in [0.2, 0.25) is 0 Å². The Bertz CT molecular complexity index is 7180. The van der Waals surface area contributed by atoms with E-state index in [4.69, 9.17) is 38.7 Å². The first kappa shape index (κ1) is 92.4. The van der Waals surface area contributed by atoms with E-state index in [1.165, 1.54) is 104 Å². The molecule has 0 spiro atoms. The summed E-state index contributed by atoms with van der Waals surface area (Å²) in [7, 11) is 0. The van der Waals surface area contributed by atoms with Gasteiger partial charge in [-0.3, -0.25) is 24.0 Å². The van der Waals surface area contributed by atoms with Crippen molar-refractivity contribution in [3.05, 3.63) is 318 Å². The minimum Gasteiger partial charge on any atom is -0.393 e. The molecule has 16 aromatic rings. The number of anilines is 6. The smallest absolute Gasteiger partial charge is 0.257 e. The first-order valence-corrected chi connectivity index (χ1v) is 43.1. The number of carbonyl (C=O) groups is 5. The number of nitrogens with zero attached hydrogens (tertiary/aromatic N) is 8. The minimum absolute atomic E-state index is 0.0154. The molecule has 676 valence electrons. The molecular weight excluding hydrogens is 1710 g/mol. The molecule has 31 heteroatoms. The molecule has 19 rings (SSSR count). The van der Waals surface area contributed by atoms with Gasteiger partial charge in [-0.1, -0.05) is 121 Å². The van der Waals surface area contributed by atoms with Gasteiger partial charge < -0.3 is 70.2 Å². The highest BCUT2D eigenvalue weighted by molar-refractivity contribution is 6.16. The molecule has 3 fully saturated rings. The van der Waals surface area contributed by atoms with E-state index in [1.807, 2.05) is 91.0 Å². The molecule has 0 bridgehead atoms. The van der Waals surface area contributed by atoms with Crippen LogP contribution in [-0.4, -0.2) is 125 Å². The molecule has 1 aliphatic heterocycles. The second-order valence-electron chi connectivity index (χ2n) is 32.5. The Labute approximate surface area is 765 Å². The van der Waals surface area contributed by atoms with Crippen LogP contribution in [0.15, 0.2) is 256 Å². The van der Waals surface area contributed by atoms with E-state index >= 15 is 0 Å². The number of nitrogen functional groups attached to an aromatic ring is 5. The van der Waals surface area contributed by atoms with Crippen LogP contribution in [0.5, 0.6) is 0 Å². The number of aliphatic hydroxyl groups excluding tert-OH is 2. The Kier molecular flexibility index (Phi) is 29.0. The third-order valence-corrected chi connectivity index (χ3v) is 23.3. The molecule has 17 N–H and O–H groups in total. The highest BCUT2D eigenvalue weighted by Crippen LogP contribution is 2.37. The predicted molar refractivity (Wildman–Crippen MR) is 509 cm³/mol. The fourth-order valence-corrected chi connectivity index (χ4v) is 16.3. The van der Waals surface area contributed by atoms with Crippen molar-refractivity contribution >= 4 is 118 Å². The van der Waals surface area contributed by atoms with Crippen molar-refractivity contribution < 1.29 is 60.9 Å². The minimum atomic E-state index is -0.396. The van der Waals surface area contributed by atoms with Crippen molar-refractivity contribution in [2.24, 2.45) is 0 Å². The van der Waals surface area contributed by atoms with Crippen molar-refractivity contribution in [1.82, 2.24) is 56.2 Å². The molecule has 1 unspecified atom stereocenters. The highest BCUT2D eigenvalue weighted by atomic mass is 19.1. The van der Waals surface area contributed by atoms with Crippen LogP contribution < -0.4 is 55.3 Å². The van der Waals surface area contributed by atoms with E-state index < -0.39 is 5.91 Å². The molecule has 0 radical (unpaired) electrons. The van der Waals surface area contributed by atoms with Crippen molar-refractivity contribution in [2.45, 2.75) is 95.0 Å². The largest absolute Gasteiger partial charge is 0.393 e. The lowest BCUT2D eigenvalue weighted by molar-refractivity contribution is 0.0847. The SMILES string of the molecule is Cc1ncc(NC(=O)c2cnc(N)c3cc(-c4cccc(F)c4)ccc23)cn1.N#CCNC(=O)c1cnc(N)c2cc(-c3cccc(F)c3)ccc12.Nc1ncc(C(=O)NC2CCC(O)CC2)c2ccc(-c3cccc(F)c3)cc12.Nc1ncc(C(=O)NC2CCOC2)c2ccc(-c3cccc(F)c3)cc12.Nc1ncc(C(=O)N[C@@H]2CCC[C@H](O)C2)c2ccc(-c3cccc(F)c3)cc12. The summed E-state index contributed by atoms with van der Waals surface area (Å²) in [4.78, 5) is 92.0. The molecule has 10 aromatic carbocycles. The number of nitrogens with one attached hydrogen (secondary N) is 5.